The Morgan fingerprint density at radius 3 is 1.86 bits per heavy atom. The third-order valence-corrected chi connectivity index (χ3v) is 3.23. The molecule has 0 bridgehead atoms. The summed E-state index contributed by atoms with van der Waals surface area (Å²) in [5, 5.41) is 0. The highest BCUT2D eigenvalue weighted by Gasteiger charge is 2.06. The van der Waals surface area contributed by atoms with Crippen LogP contribution in [0, 0.1) is 17.8 Å². The van der Waals surface area contributed by atoms with E-state index < -0.39 is 0 Å². The number of hydrogen-bond donors (Lipinski definition) is 0. The first-order valence-electron chi connectivity index (χ1n) is 6.56. The molecular formula is C14H30. The van der Waals surface area contributed by atoms with E-state index in [1.807, 2.05) is 0 Å². The zero-order chi connectivity index (χ0) is 11.0. The summed E-state index contributed by atoms with van der Waals surface area (Å²) in [5.74, 6) is 2.76. The van der Waals surface area contributed by atoms with Crippen LogP contribution in [-0.2, 0) is 0 Å². The molecule has 14 heavy (non-hydrogen) atoms. The maximum Gasteiger partial charge on any atom is -0.0440 e. The molecule has 86 valence electrons. The monoisotopic (exact) mass is 198 g/mol. The van der Waals surface area contributed by atoms with E-state index in [9.17, 15) is 0 Å². The minimum atomic E-state index is 0.889. The smallest absolute Gasteiger partial charge is 0.0440 e. The van der Waals surface area contributed by atoms with Crippen molar-refractivity contribution >= 4 is 0 Å². The van der Waals surface area contributed by atoms with Crippen LogP contribution < -0.4 is 0 Å². The van der Waals surface area contributed by atoms with E-state index in [0.29, 0.717) is 0 Å². The first kappa shape index (κ1) is 14.0. The summed E-state index contributed by atoms with van der Waals surface area (Å²) in [6, 6.07) is 0. The molecule has 0 saturated carbocycles. The third kappa shape index (κ3) is 8.59. The van der Waals surface area contributed by atoms with Crippen molar-refractivity contribution in [3.05, 3.63) is 0 Å². The first-order valence-corrected chi connectivity index (χ1v) is 6.56. The van der Waals surface area contributed by atoms with Crippen LogP contribution >= 0.6 is 0 Å². The third-order valence-electron chi connectivity index (χ3n) is 3.23. The van der Waals surface area contributed by atoms with E-state index >= 15 is 0 Å². The van der Waals surface area contributed by atoms with Crippen molar-refractivity contribution in [2.75, 3.05) is 0 Å². The van der Waals surface area contributed by atoms with E-state index in [1.54, 1.807) is 0 Å². The fraction of sp³-hybridized carbons (Fsp3) is 1.00. The van der Waals surface area contributed by atoms with Crippen LogP contribution in [-0.4, -0.2) is 0 Å². The van der Waals surface area contributed by atoms with Crippen LogP contribution in [0.4, 0.5) is 0 Å². The molecule has 0 fully saturated rings. The largest absolute Gasteiger partial charge is 0.0651 e. The Morgan fingerprint density at radius 1 is 0.786 bits per heavy atom. The lowest BCUT2D eigenvalue weighted by Gasteiger charge is -2.15. The maximum atomic E-state index is 2.42. The summed E-state index contributed by atoms with van der Waals surface area (Å²) >= 11 is 0. The molecule has 0 heteroatoms. The zero-order valence-electron chi connectivity index (χ0n) is 11.0. The Bertz CT molecular complexity index is 115. The Morgan fingerprint density at radius 2 is 1.36 bits per heavy atom. The molecule has 0 heterocycles. The highest BCUT2D eigenvalue weighted by molar-refractivity contribution is 4.59. The van der Waals surface area contributed by atoms with Gasteiger partial charge >= 0.3 is 0 Å². The van der Waals surface area contributed by atoms with E-state index in [1.165, 1.54) is 38.5 Å². The average Bonchev–Trinajstić information content (AvgIpc) is 2.12. The van der Waals surface area contributed by atoms with Gasteiger partial charge in [0.2, 0.25) is 0 Å². The molecule has 0 aromatic carbocycles. The Balaban J connectivity index is 3.30. The lowest BCUT2D eigenvalue weighted by molar-refractivity contribution is 0.370. The predicted molar refractivity (Wildman–Crippen MR) is 66.5 cm³/mol. The number of unbranched alkanes of at least 4 members (excludes halogenated alkanes) is 1. The maximum absolute atomic E-state index is 2.42. The zero-order valence-corrected chi connectivity index (χ0v) is 11.0. The van der Waals surface area contributed by atoms with Crippen molar-refractivity contribution < 1.29 is 0 Å². The Hall–Kier alpha value is 0. The van der Waals surface area contributed by atoms with Gasteiger partial charge in [0.25, 0.3) is 0 Å². The van der Waals surface area contributed by atoms with Crippen molar-refractivity contribution in [3.8, 4) is 0 Å². The predicted octanol–water partition coefficient (Wildman–Crippen LogP) is 5.28. The molecule has 0 aromatic rings. The highest BCUT2D eigenvalue weighted by atomic mass is 14.1. The van der Waals surface area contributed by atoms with Gasteiger partial charge in [0.05, 0.1) is 0 Å². The summed E-state index contributed by atoms with van der Waals surface area (Å²) in [6.45, 7) is 11.7. The van der Waals surface area contributed by atoms with Gasteiger partial charge in [0, 0.05) is 0 Å². The minimum absolute atomic E-state index is 0.889. The van der Waals surface area contributed by atoms with Crippen LogP contribution in [0.25, 0.3) is 0 Å². The molecule has 0 saturated heterocycles. The van der Waals surface area contributed by atoms with E-state index in [4.69, 9.17) is 0 Å². The first-order chi connectivity index (χ1) is 6.56. The van der Waals surface area contributed by atoms with Gasteiger partial charge in [-0.05, 0) is 24.2 Å². The summed E-state index contributed by atoms with van der Waals surface area (Å²) < 4.78 is 0. The van der Waals surface area contributed by atoms with Crippen molar-refractivity contribution in [1.82, 2.24) is 0 Å². The van der Waals surface area contributed by atoms with Gasteiger partial charge in [-0.25, -0.2) is 0 Å². The molecule has 0 aromatic heterocycles. The van der Waals surface area contributed by atoms with Gasteiger partial charge in [-0.15, -0.1) is 0 Å². The SMILES string of the molecule is CCC(C)CC(C)CCCCC(C)C. The molecule has 2 unspecified atom stereocenters. The van der Waals surface area contributed by atoms with Crippen molar-refractivity contribution in [2.45, 2.75) is 73.1 Å². The summed E-state index contributed by atoms with van der Waals surface area (Å²) in [5.41, 5.74) is 0. The van der Waals surface area contributed by atoms with Crippen molar-refractivity contribution in [2.24, 2.45) is 17.8 Å². The lowest BCUT2D eigenvalue weighted by atomic mass is 9.91. The van der Waals surface area contributed by atoms with Gasteiger partial charge in [0.15, 0.2) is 0 Å². The van der Waals surface area contributed by atoms with Crippen LogP contribution in [0.3, 0.4) is 0 Å². The molecular weight excluding hydrogens is 168 g/mol. The molecule has 0 aliphatic carbocycles. The quantitative estimate of drug-likeness (QED) is 0.466. The molecule has 0 N–H and O–H groups in total. The summed E-state index contributed by atoms with van der Waals surface area (Å²) in [4.78, 5) is 0. The second kappa shape index (κ2) is 8.32. The Labute approximate surface area is 91.5 Å². The van der Waals surface area contributed by atoms with Gasteiger partial charge in [-0.2, -0.15) is 0 Å². The Kier molecular flexibility index (Phi) is 8.32. The topological polar surface area (TPSA) is 0 Å². The van der Waals surface area contributed by atoms with E-state index in [0.717, 1.165) is 17.8 Å². The van der Waals surface area contributed by atoms with Crippen molar-refractivity contribution in [1.29, 1.82) is 0 Å². The molecule has 0 amide bonds. The lowest BCUT2D eigenvalue weighted by Crippen LogP contribution is -2.02. The van der Waals surface area contributed by atoms with E-state index in [-0.39, 0.29) is 0 Å². The van der Waals surface area contributed by atoms with Crippen LogP contribution in [0.1, 0.15) is 73.1 Å². The van der Waals surface area contributed by atoms with E-state index in [2.05, 4.69) is 34.6 Å². The van der Waals surface area contributed by atoms with Crippen LogP contribution in [0.5, 0.6) is 0 Å². The highest BCUT2D eigenvalue weighted by Crippen LogP contribution is 2.20. The number of hydrogen-bond acceptors (Lipinski definition) is 0. The van der Waals surface area contributed by atoms with Gasteiger partial charge in [0.1, 0.15) is 0 Å². The van der Waals surface area contributed by atoms with Gasteiger partial charge < -0.3 is 0 Å². The van der Waals surface area contributed by atoms with Crippen LogP contribution in [0.15, 0.2) is 0 Å². The molecule has 0 radical (unpaired) electrons. The second-order valence-corrected chi connectivity index (χ2v) is 5.53. The number of rotatable bonds is 8. The molecule has 0 spiro atoms. The molecule has 0 aliphatic heterocycles. The molecule has 0 nitrogen and oxygen atoms in total. The van der Waals surface area contributed by atoms with Gasteiger partial charge in [-0.1, -0.05) is 66.7 Å². The minimum Gasteiger partial charge on any atom is -0.0651 e. The average molecular weight is 198 g/mol. The fourth-order valence-corrected chi connectivity index (χ4v) is 2.02. The fourth-order valence-electron chi connectivity index (χ4n) is 2.02. The summed E-state index contributed by atoms with van der Waals surface area (Å²) in [6.07, 6.45) is 8.50. The van der Waals surface area contributed by atoms with Crippen LogP contribution in [0.2, 0.25) is 0 Å². The standard InChI is InChI=1S/C14H30/c1-6-13(4)11-14(5)10-8-7-9-12(2)3/h12-14H,6-11H2,1-5H3. The molecule has 2 atom stereocenters. The second-order valence-electron chi connectivity index (χ2n) is 5.53. The summed E-state index contributed by atoms with van der Waals surface area (Å²) in [7, 11) is 0. The van der Waals surface area contributed by atoms with Crippen molar-refractivity contribution in [3.63, 3.8) is 0 Å². The molecule has 0 aliphatic rings. The normalized spacial score (nSPS) is 15.9. The van der Waals surface area contributed by atoms with Gasteiger partial charge in [-0.3, -0.25) is 0 Å². The molecule has 0 rings (SSSR count).